The molecule has 0 bridgehead atoms. The lowest BCUT2D eigenvalue weighted by Crippen LogP contribution is -2.61. The zero-order chi connectivity index (χ0) is 20.2. The van der Waals surface area contributed by atoms with Gasteiger partial charge < -0.3 is 0 Å². The van der Waals surface area contributed by atoms with Crippen molar-refractivity contribution >= 4 is 11.8 Å². The Bertz CT molecular complexity index is 728. The van der Waals surface area contributed by atoms with Crippen molar-refractivity contribution in [2.75, 3.05) is 19.6 Å². The smallest absolute Gasteiger partial charge is 0.296 e. The van der Waals surface area contributed by atoms with Crippen LogP contribution in [0.15, 0.2) is 11.8 Å². The minimum Gasteiger partial charge on any atom is -0.296 e. The number of hydrogen-bond acceptors (Lipinski definition) is 3. The standard InChI is InChI=1S/C24H37N3O2/c1-23-10-6-7-19(23)18-16-27(22(29)25-26-13-4-3-5-14-26)21-15-17(28)8-12-24(21,2)20(18)9-11-23/h15,18-20H,3-14,16H2,1-2H3,(H,25,29)/t18-,19-,20-,23-,24+/m0/s1. The summed E-state index contributed by atoms with van der Waals surface area (Å²) >= 11 is 0. The molecule has 2 aliphatic heterocycles. The zero-order valence-corrected chi connectivity index (χ0v) is 18.2. The third kappa shape index (κ3) is 3.15. The van der Waals surface area contributed by atoms with Gasteiger partial charge in [0.25, 0.3) is 0 Å². The van der Waals surface area contributed by atoms with Gasteiger partial charge in [-0.3, -0.25) is 15.1 Å². The van der Waals surface area contributed by atoms with Crippen molar-refractivity contribution in [3.63, 3.8) is 0 Å². The van der Waals surface area contributed by atoms with E-state index in [9.17, 15) is 9.59 Å². The van der Waals surface area contributed by atoms with E-state index >= 15 is 0 Å². The number of amides is 2. The summed E-state index contributed by atoms with van der Waals surface area (Å²) in [7, 11) is 0. The van der Waals surface area contributed by atoms with Gasteiger partial charge in [-0.05, 0) is 68.1 Å². The molecular formula is C24H37N3O2. The van der Waals surface area contributed by atoms with E-state index in [2.05, 4.69) is 24.3 Å². The lowest BCUT2D eigenvalue weighted by molar-refractivity contribution is -0.118. The Labute approximate surface area is 175 Å². The fraction of sp³-hybridized carbons (Fsp3) is 0.833. The van der Waals surface area contributed by atoms with Crippen LogP contribution in [0.2, 0.25) is 0 Å². The third-order valence-electron chi connectivity index (χ3n) is 9.35. The molecule has 5 atom stereocenters. The average Bonchev–Trinajstić information content (AvgIpc) is 3.11. The first kappa shape index (κ1) is 19.6. The van der Waals surface area contributed by atoms with E-state index in [4.69, 9.17) is 0 Å². The Hall–Kier alpha value is -1.36. The second kappa shape index (κ2) is 7.11. The van der Waals surface area contributed by atoms with Gasteiger partial charge in [0.2, 0.25) is 0 Å². The van der Waals surface area contributed by atoms with Crippen LogP contribution in [0.1, 0.15) is 78.1 Å². The molecule has 160 valence electrons. The van der Waals surface area contributed by atoms with Crippen molar-refractivity contribution in [2.45, 2.75) is 78.1 Å². The number of piperidine rings is 2. The van der Waals surface area contributed by atoms with Gasteiger partial charge in [-0.25, -0.2) is 9.80 Å². The quantitative estimate of drug-likeness (QED) is 0.706. The predicted molar refractivity (Wildman–Crippen MR) is 113 cm³/mol. The topological polar surface area (TPSA) is 52.7 Å². The highest BCUT2D eigenvalue weighted by Gasteiger charge is 2.58. The van der Waals surface area contributed by atoms with E-state index < -0.39 is 0 Å². The predicted octanol–water partition coefficient (Wildman–Crippen LogP) is 4.50. The van der Waals surface area contributed by atoms with Crippen molar-refractivity contribution in [1.82, 2.24) is 15.3 Å². The van der Waals surface area contributed by atoms with E-state index in [1.165, 1.54) is 38.5 Å². The van der Waals surface area contributed by atoms with Crippen molar-refractivity contribution < 1.29 is 9.59 Å². The molecule has 5 nitrogen and oxygen atoms in total. The highest BCUT2D eigenvalue weighted by Crippen LogP contribution is 2.63. The second-order valence-electron chi connectivity index (χ2n) is 11.0. The fourth-order valence-corrected chi connectivity index (χ4v) is 7.69. The Morgan fingerprint density at radius 2 is 1.83 bits per heavy atom. The van der Waals surface area contributed by atoms with Gasteiger partial charge in [0.15, 0.2) is 5.78 Å². The summed E-state index contributed by atoms with van der Waals surface area (Å²) in [4.78, 5) is 27.8. The van der Waals surface area contributed by atoms with Gasteiger partial charge in [0, 0.05) is 43.2 Å². The molecule has 5 aliphatic rings. The van der Waals surface area contributed by atoms with Crippen LogP contribution >= 0.6 is 0 Å². The summed E-state index contributed by atoms with van der Waals surface area (Å²) in [5, 5.41) is 2.08. The number of allylic oxidation sites excluding steroid dienone is 2. The molecule has 2 amide bonds. The largest absolute Gasteiger partial charge is 0.336 e. The molecule has 5 heteroatoms. The number of fused-ring (bicyclic) bond motifs is 5. The second-order valence-corrected chi connectivity index (χ2v) is 11.0. The van der Waals surface area contributed by atoms with Gasteiger partial charge in [-0.15, -0.1) is 0 Å². The maximum atomic E-state index is 13.4. The number of rotatable bonds is 1. The van der Waals surface area contributed by atoms with Crippen molar-refractivity contribution in [2.24, 2.45) is 28.6 Å². The molecule has 29 heavy (non-hydrogen) atoms. The Morgan fingerprint density at radius 3 is 2.62 bits per heavy atom. The molecule has 1 N–H and O–H groups in total. The minimum absolute atomic E-state index is 0.0113. The monoisotopic (exact) mass is 399 g/mol. The lowest BCUT2D eigenvalue weighted by atomic mass is 9.50. The summed E-state index contributed by atoms with van der Waals surface area (Å²) in [6, 6.07) is -0.0113. The van der Waals surface area contributed by atoms with Gasteiger partial charge in [-0.1, -0.05) is 26.7 Å². The summed E-state index contributed by atoms with van der Waals surface area (Å²) in [5.41, 5.74) is 4.61. The number of nitrogens with one attached hydrogen (secondary N) is 1. The first-order valence-corrected chi connectivity index (χ1v) is 12.0. The maximum absolute atomic E-state index is 13.4. The van der Waals surface area contributed by atoms with Crippen molar-refractivity contribution in [3.05, 3.63) is 11.8 Å². The van der Waals surface area contributed by atoms with Gasteiger partial charge in [-0.2, -0.15) is 0 Å². The van der Waals surface area contributed by atoms with Crippen molar-refractivity contribution in [1.29, 1.82) is 0 Å². The summed E-state index contributed by atoms with van der Waals surface area (Å²) in [6.45, 7) is 7.50. The third-order valence-corrected chi connectivity index (χ3v) is 9.35. The number of carbonyl (C=O) groups excluding carboxylic acids is 2. The highest BCUT2D eigenvalue weighted by molar-refractivity contribution is 5.92. The van der Waals surface area contributed by atoms with Crippen LogP contribution in [0.4, 0.5) is 4.79 Å². The Balaban J connectivity index is 1.46. The number of likely N-dealkylation sites (tertiary alicyclic amines) is 1. The van der Waals surface area contributed by atoms with Crippen LogP contribution in [0, 0.1) is 28.6 Å². The number of hydrazine groups is 1. The van der Waals surface area contributed by atoms with E-state index in [1.54, 1.807) is 0 Å². The number of nitrogens with zero attached hydrogens (tertiary/aromatic N) is 2. The molecule has 2 heterocycles. The van der Waals surface area contributed by atoms with E-state index in [-0.39, 0.29) is 17.2 Å². The van der Waals surface area contributed by atoms with Crippen LogP contribution < -0.4 is 5.43 Å². The van der Waals surface area contributed by atoms with Crippen LogP contribution in [-0.2, 0) is 4.79 Å². The molecule has 4 fully saturated rings. The van der Waals surface area contributed by atoms with Crippen LogP contribution in [0.25, 0.3) is 0 Å². The number of ketones is 1. The molecule has 3 aliphatic carbocycles. The first-order chi connectivity index (χ1) is 13.9. The maximum Gasteiger partial charge on any atom is 0.336 e. The molecule has 0 unspecified atom stereocenters. The van der Waals surface area contributed by atoms with E-state index in [0.29, 0.717) is 23.7 Å². The zero-order valence-electron chi connectivity index (χ0n) is 18.2. The molecule has 0 spiro atoms. The van der Waals surface area contributed by atoms with E-state index in [0.717, 1.165) is 50.5 Å². The number of carbonyl (C=O) groups is 2. The van der Waals surface area contributed by atoms with E-state index in [1.807, 2.05) is 11.0 Å². The molecule has 0 aromatic carbocycles. The number of hydrogen-bond donors (Lipinski definition) is 1. The van der Waals surface area contributed by atoms with Crippen molar-refractivity contribution in [3.8, 4) is 0 Å². The summed E-state index contributed by atoms with van der Waals surface area (Å²) in [6.07, 6.45) is 13.4. The Kier molecular flexibility index (Phi) is 4.80. The van der Waals surface area contributed by atoms with Gasteiger partial charge >= 0.3 is 6.03 Å². The summed E-state index contributed by atoms with van der Waals surface area (Å²) in [5.74, 6) is 2.09. The van der Waals surface area contributed by atoms with Crippen LogP contribution in [0.5, 0.6) is 0 Å². The van der Waals surface area contributed by atoms with Crippen LogP contribution in [0.3, 0.4) is 0 Å². The molecule has 2 saturated carbocycles. The average molecular weight is 400 g/mol. The molecule has 0 aromatic heterocycles. The van der Waals surface area contributed by atoms with Crippen LogP contribution in [-0.4, -0.2) is 41.4 Å². The first-order valence-electron chi connectivity index (χ1n) is 12.0. The molecule has 5 rings (SSSR count). The number of urea groups is 1. The molecule has 0 radical (unpaired) electrons. The highest BCUT2D eigenvalue weighted by atomic mass is 16.2. The summed E-state index contributed by atoms with van der Waals surface area (Å²) < 4.78 is 0. The molecule has 0 aromatic rings. The Morgan fingerprint density at radius 1 is 1.03 bits per heavy atom. The fourth-order valence-electron chi connectivity index (χ4n) is 7.69. The minimum atomic E-state index is -0.0417. The van der Waals surface area contributed by atoms with Gasteiger partial charge in [0.05, 0.1) is 0 Å². The normalized spacial score (nSPS) is 42.6. The van der Waals surface area contributed by atoms with Gasteiger partial charge in [0.1, 0.15) is 0 Å². The molecular weight excluding hydrogens is 362 g/mol. The lowest BCUT2D eigenvalue weighted by Gasteiger charge is -2.59. The molecule has 2 saturated heterocycles. The SMILES string of the molecule is C[C@@]12CCC[C@H]1[C@@H]1CN(C(=O)NN3CCCCC3)C3=CC(=O)CC[C@]3(C)[C@H]1CC2.